The lowest BCUT2D eigenvalue weighted by molar-refractivity contribution is -0.121. The third kappa shape index (κ3) is 10.3. The van der Waals surface area contributed by atoms with Crippen molar-refractivity contribution in [2.45, 2.75) is 52.6 Å². The summed E-state index contributed by atoms with van der Waals surface area (Å²) in [5, 5.41) is 6.17. The van der Waals surface area contributed by atoms with Crippen molar-refractivity contribution >= 4 is 17.7 Å². The van der Waals surface area contributed by atoms with Crippen molar-refractivity contribution < 1.29 is 4.79 Å². The predicted octanol–water partition coefficient (Wildman–Crippen LogP) is 2.02. The highest BCUT2D eigenvalue weighted by molar-refractivity contribution is 7.99. The molecule has 96 valence electrons. The van der Waals surface area contributed by atoms with Crippen LogP contribution in [0.4, 0.5) is 0 Å². The van der Waals surface area contributed by atoms with Crippen LogP contribution in [0.5, 0.6) is 0 Å². The van der Waals surface area contributed by atoms with E-state index >= 15 is 0 Å². The van der Waals surface area contributed by atoms with Crippen molar-refractivity contribution in [2.24, 2.45) is 0 Å². The number of hydrogen-bond acceptors (Lipinski definition) is 3. The van der Waals surface area contributed by atoms with Gasteiger partial charge in [-0.15, -0.1) is 0 Å². The Labute approximate surface area is 104 Å². The Bertz CT molecular complexity index is 202. The van der Waals surface area contributed by atoms with E-state index in [1.165, 1.54) is 0 Å². The Kier molecular flexibility index (Phi) is 7.85. The highest BCUT2D eigenvalue weighted by Crippen LogP contribution is 2.03. The van der Waals surface area contributed by atoms with E-state index < -0.39 is 0 Å². The Morgan fingerprint density at radius 2 is 2.00 bits per heavy atom. The van der Waals surface area contributed by atoms with Gasteiger partial charge in [0.05, 0.1) is 6.54 Å². The van der Waals surface area contributed by atoms with Crippen molar-refractivity contribution in [2.75, 3.05) is 18.1 Å². The van der Waals surface area contributed by atoms with E-state index in [1.807, 2.05) is 11.8 Å². The summed E-state index contributed by atoms with van der Waals surface area (Å²) < 4.78 is 0. The highest BCUT2D eigenvalue weighted by Gasteiger charge is 2.12. The number of carbonyl (C=O) groups is 1. The molecule has 0 aliphatic heterocycles. The molecule has 0 heterocycles. The Balaban J connectivity index is 3.62. The van der Waals surface area contributed by atoms with Gasteiger partial charge in [0.1, 0.15) is 0 Å². The maximum Gasteiger partial charge on any atom is 0.234 e. The van der Waals surface area contributed by atoms with Gasteiger partial charge in [0.2, 0.25) is 5.91 Å². The molecular weight excluding hydrogens is 220 g/mol. The number of nitrogens with one attached hydrogen (secondary N) is 2. The molecule has 0 bridgehead atoms. The van der Waals surface area contributed by atoms with Gasteiger partial charge in [-0.05, 0) is 45.6 Å². The Morgan fingerprint density at radius 3 is 2.50 bits per heavy atom. The molecule has 0 saturated heterocycles. The van der Waals surface area contributed by atoms with Crippen LogP contribution in [0.15, 0.2) is 0 Å². The molecule has 3 nitrogen and oxygen atoms in total. The monoisotopic (exact) mass is 246 g/mol. The molecule has 0 spiro atoms. The Hall–Kier alpha value is -0.220. The molecular formula is C12H26N2OS. The van der Waals surface area contributed by atoms with E-state index in [9.17, 15) is 4.79 Å². The first kappa shape index (κ1) is 15.8. The molecule has 2 N–H and O–H groups in total. The molecule has 0 aromatic rings. The van der Waals surface area contributed by atoms with Gasteiger partial charge in [0.15, 0.2) is 0 Å². The van der Waals surface area contributed by atoms with Crippen molar-refractivity contribution in [3.8, 4) is 0 Å². The zero-order valence-electron chi connectivity index (χ0n) is 11.2. The fourth-order valence-corrected chi connectivity index (χ4v) is 1.96. The van der Waals surface area contributed by atoms with E-state index in [1.54, 1.807) is 0 Å². The second-order valence-corrected chi connectivity index (χ2v) is 6.45. The maximum atomic E-state index is 11.6. The first-order valence-corrected chi connectivity index (χ1v) is 7.12. The van der Waals surface area contributed by atoms with Crippen LogP contribution in [-0.4, -0.2) is 35.5 Å². The van der Waals surface area contributed by atoms with Crippen LogP contribution in [0.1, 0.15) is 41.0 Å². The van der Waals surface area contributed by atoms with Gasteiger partial charge >= 0.3 is 0 Å². The van der Waals surface area contributed by atoms with Gasteiger partial charge in [0, 0.05) is 11.6 Å². The van der Waals surface area contributed by atoms with Gasteiger partial charge in [-0.3, -0.25) is 4.79 Å². The van der Waals surface area contributed by atoms with Crippen LogP contribution in [0.3, 0.4) is 0 Å². The van der Waals surface area contributed by atoms with Crippen LogP contribution < -0.4 is 10.6 Å². The minimum absolute atomic E-state index is 0.00135. The van der Waals surface area contributed by atoms with Gasteiger partial charge < -0.3 is 10.6 Å². The molecule has 0 aromatic heterocycles. The molecule has 1 atom stereocenters. The number of hydrogen-bond donors (Lipinski definition) is 2. The van der Waals surface area contributed by atoms with Gasteiger partial charge in [-0.25, -0.2) is 0 Å². The second-order valence-electron chi connectivity index (χ2n) is 5.06. The molecule has 0 aliphatic rings. The van der Waals surface area contributed by atoms with E-state index in [2.05, 4.69) is 45.3 Å². The normalized spacial score (nSPS) is 13.6. The summed E-state index contributed by atoms with van der Waals surface area (Å²) >= 11 is 1.91. The van der Waals surface area contributed by atoms with Crippen LogP contribution in [0, 0.1) is 0 Å². The van der Waals surface area contributed by atoms with E-state index in [0.717, 1.165) is 17.9 Å². The number of amides is 1. The van der Waals surface area contributed by atoms with Crippen molar-refractivity contribution in [1.29, 1.82) is 0 Å². The van der Waals surface area contributed by atoms with Crippen LogP contribution in [-0.2, 0) is 4.79 Å². The number of carbonyl (C=O) groups excluding carboxylic acids is 1. The van der Waals surface area contributed by atoms with Gasteiger partial charge in [-0.1, -0.05) is 6.92 Å². The third-order valence-corrected chi connectivity index (χ3v) is 3.02. The lowest BCUT2D eigenvalue weighted by Gasteiger charge is -2.21. The molecule has 0 aromatic carbocycles. The summed E-state index contributed by atoms with van der Waals surface area (Å²) in [6, 6.07) is 0.272. The SMILES string of the molecule is CCSCCC(C)NC(=O)CNC(C)(C)C. The molecule has 16 heavy (non-hydrogen) atoms. The van der Waals surface area contributed by atoms with Crippen LogP contribution in [0.2, 0.25) is 0 Å². The molecule has 1 unspecified atom stereocenters. The predicted molar refractivity (Wildman–Crippen MR) is 73.0 cm³/mol. The molecule has 0 radical (unpaired) electrons. The Morgan fingerprint density at radius 1 is 1.38 bits per heavy atom. The molecule has 1 amide bonds. The summed E-state index contributed by atoms with van der Waals surface area (Å²) in [5.74, 6) is 2.35. The van der Waals surface area contributed by atoms with E-state index in [4.69, 9.17) is 0 Å². The quantitative estimate of drug-likeness (QED) is 0.675. The first-order valence-electron chi connectivity index (χ1n) is 5.97. The smallest absolute Gasteiger partial charge is 0.234 e. The minimum Gasteiger partial charge on any atom is -0.353 e. The zero-order valence-corrected chi connectivity index (χ0v) is 12.0. The summed E-state index contributed by atoms with van der Waals surface area (Å²) in [7, 11) is 0. The average Bonchev–Trinajstić information content (AvgIpc) is 2.14. The van der Waals surface area contributed by atoms with Gasteiger partial charge in [-0.2, -0.15) is 11.8 Å². The van der Waals surface area contributed by atoms with Crippen molar-refractivity contribution in [1.82, 2.24) is 10.6 Å². The lowest BCUT2D eigenvalue weighted by Crippen LogP contribution is -2.45. The van der Waals surface area contributed by atoms with Crippen LogP contribution >= 0.6 is 11.8 Å². The summed E-state index contributed by atoms with van der Waals surface area (Å²) in [4.78, 5) is 11.6. The van der Waals surface area contributed by atoms with E-state index in [0.29, 0.717) is 6.54 Å². The average molecular weight is 246 g/mol. The fraction of sp³-hybridized carbons (Fsp3) is 0.917. The summed E-state index contributed by atoms with van der Waals surface area (Å²) in [6.07, 6.45) is 1.04. The number of rotatable bonds is 7. The molecule has 0 fully saturated rings. The first-order chi connectivity index (χ1) is 7.35. The number of thioether (sulfide) groups is 1. The maximum absolute atomic E-state index is 11.6. The summed E-state index contributed by atoms with van der Waals surface area (Å²) in [6.45, 7) is 10.8. The van der Waals surface area contributed by atoms with Crippen LogP contribution in [0.25, 0.3) is 0 Å². The van der Waals surface area contributed by atoms with E-state index in [-0.39, 0.29) is 17.5 Å². The topological polar surface area (TPSA) is 41.1 Å². The molecule has 0 aliphatic carbocycles. The van der Waals surface area contributed by atoms with Crippen molar-refractivity contribution in [3.05, 3.63) is 0 Å². The lowest BCUT2D eigenvalue weighted by atomic mass is 10.1. The minimum atomic E-state index is -0.00135. The fourth-order valence-electron chi connectivity index (χ4n) is 1.15. The zero-order chi connectivity index (χ0) is 12.6. The second kappa shape index (κ2) is 7.96. The van der Waals surface area contributed by atoms with Gasteiger partial charge in [0.25, 0.3) is 0 Å². The molecule has 0 saturated carbocycles. The largest absolute Gasteiger partial charge is 0.353 e. The molecule has 4 heteroatoms. The highest BCUT2D eigenvalue weighted by atomic mass is 32.2. The van der Waals surface area contributed by atoms with Crippen molar-refractivity contribution in [3.63, 3.8) is 0 Å². The standard InChI is InChI=1S/C12H26N2OS/c1-6-16-8-7-10(2)14-11(15)9-13-12(3,4)5/h10,13H,6-9H2,1-5H3,(H,14,15). The molecule has 0 rings (SSSR count). The summed E-state index contributed by atoms with van der Waals surface area (Å²) in [5.41, 5.74) is -0.00135. The third-order valence-electron chi connectivity index (χ3n) is 2.09.